The molecule has 2 fully saturated rings. The molecule has 0 bridgehead atoms. The Balaban J connectivity index is 2.28. The van der Waals surface area contributed by atoms with Crippen molar-refractivity contribution in [2.45, 2.75) is 24.9 Å². The van der Waals surface area contributed by atoms with E-state index in [2.05, 4.69) is 0 Å². The van der Waals surface area contributed by atoms with Gasteiger partial charge in [0, 0.05) is 26.2 Å². The number of hydrogen-bond acceptors (Lipinski definition) is 4. The number of carbonyl (C=O) groups is 1. The van der Waals surface area contributed by atoms with Gasteiger partial charge in [-0.15, -0.1) is 0 Å². The summed E-state index contributed by atoms with van der Waals surface area (Å²) in [4.78, 5) is 11.4. The third kappa shape index (κ3) is 1.55. The summed E-state index contributed by atoms with van der Waals surface area (Å²) in [5, 5.41) is 19.7. The van der Waals surface area contributed by atoms with E-state index in [1.807, 2.05) is 0 Å². The molecule has 0 aromatic carbocycles. The van der Waals surface area contributed by atoms with Crippen LogP contribution in [0.2, 0.25) is 0 Å². The second kappa shape index (κ2) is 3.73. The van der Waals surface area contributed by atoms with Crippen LogP contribution in [0.3, 0.4) is 0 Å². The van der Waals surface area contributed by atoms with Gasteiger partial charge in [0.25, 0.3) is 0 Å². The summed E-state index contributed by atoms with van der Waals surface area (Å²) >= 11 is 0. The number of hydrogen-bond donors (Lipinski definition) is 2. The average Bonchev–Trinajstić information content (AvgIpc) is 2.67. The zero-order valence-electron chi connectivity index (χ0n) is 8.57. The molecule has 2 rings (SSSR count). The first-order valence-electron chi connectivity index (χ1n) is 5.22. The van der Waals surface area contributed by atoms with E-state index in [4.69, 9.17) is 9.47 Å². The van der Waals surface area contributed by atoms with Crippen molar-refractivity contribution >= 4 is 5.97 Å². The van der Waals surface area contributed by atoms with Crippen LogP contribution < -0.4 is 0 Å². The third-order valence-electron chi connectivity index (χ3n) is 3.65. The summed E-state index contributed by atoms with van der Waals surface area (Å²) in [5.41, 5.74) is -2.30. The molecule has 15 heavy (non-hydrogen) atoms. The van der Waals surface area contributed by atoms with E-state index in [-0.39, 0.29) is 6.61 Å². The van der Waals surface area contributed by atoms with E-state index >= 15 is 0 Å². The van der Waals surface area contributed by atoms with Crippen LogP contribution in [-0.4, -0.2) is 48.2 Å². The molecule has 0 radical (unpaired) electrons. The van der Waals surface area contributed by atoms with Crippen LogP contribution in [0.5, 0.6) is 0 Å². The predicted molar refractivity (Wildman–Crippen MR) is 50.5 cm³/mol. The van der Waals surface area contributed by atoms with Crippen LogP contribution >= 0.6 is 0 Å². The second-order valence-electron chi connectivity index (χ2n) is 4.33. The maximum Gasteiger partial charge on any atom is 0.312 e. The molecule has 1 unspecified atom stereocenters. The molecule has 2 heterocycles. The number of aliphatic carboxylic acids is 1. The van der Waals surface area contributed by atoms with E-state index in [1.54, 1.807) is 0 Å². The van der Waals surface area contributed by atoms with Crippen molar-refractivity contribution in [1.29, 1.82) is 0 Å². The lowest BCUT2D eigenvalue weighted by Gasteiger charge is -2.43. The Morgan fingerprint density at radius 3 is 2.13 bits per heavy atom. The Hall–Kier alpha value is -0.650. The lowest BCUT2D eigenvalue weighted by Crippen LogP contribution is -2.56. The first-order chi connectivity index (χ1) is 7.11. The molecule has 0 aliphatic carbocycles. The molecule has 5 nitrogen and oxygen atoms in total. The van der Waals surface area contributed by atoms with Gasteiger partial charge in [0.05, 0.1) is 6.61 Å². The van der Waals surface area contributed by atoms with Gasteiger partial charge in [0.1, 0.15) is 11.0 Å². The third-order valence-corrected chi connectivity index (χ3v) is 3.65. The minimum atomic E-state index is -1.22. The average molecular weight is 216 g/mol. The molecular formula is C10H16O5. The smallest absolute Gasteiger partial charge is 0.312 e. The fourth-order valence-corrected chi connectivity index (χ4v) is 2.53. The minimum absolute atomic E-state index is 0.124. The van der Waals surface area contributed by atoms with Crippen molar-refractivity contribution in [2.75, 3.05) is 26.4 Å². The van der Waals surface area contributed by atoms with Crippen molar-refractivity contribution < 1.29 is 24.5 Å². The lowest BCUT2D eigenvalue weighted by atomic mass is 9.66. The van der Waals surface area contributed by atoms with Crippen LogP contribution in [0.4, 0.5) is 0 Å². The van der Waals surface area contributed by atoms with Gasteiger partial charge in [-0.2, -0.15) is 0 Å². The van der Waals surface area contributed by atoms with E-state index in [0.29, 0.717) is 39.1 Å². The van der Waals surface area contributed by atoms with Crippen molar-refractivity contribution in [1.82, 2.24) is 0 Å². The van der Waals surface area contributed by atoms with Gasteiger partial charge < -0.3 is 19.7 Å². The summed E-state index contributed by atoms with van der Waals surface area (Å²) < 4.78 is 10.3. The van der Waals surface area contributed by atoms with Gasteiger partial charge in [-0.25, -0.2) is 0 Å². The standard InChI is InChI=1S/C10H16O5/c11-8(12)9(1-4-14-5-2-9)10(13)3-6-15-7-10/h13H,1-7H2,(H,11,12). The number of carboxylic acids is 1. The second-order valence-corrected chi connectivity index (χ2v) is 4.33. The number of ether oxygens (including phenoxy) is 2. The zero-order chi connectivity index (χ0) is 10.9. The number of aliphatic hydroxyl groups is 1. The SMILES string of the molecule is O=C(O)C1(C2(O)CCOC2)CCOCC1. The van der Waals surface area contributed by atoms with Gasteiger partial charge in [-0.3, -0.25) is 4.79 Å². The first kappa shape index (κ1) is 10.9. The Morgan fingerprint density at radius 1 is 1.07 bits per heavy atom. The maximum atomic E-state index is 11.4. The van der Waals surface area contributed by atoms with Crippen molar-refractivity contribution in [3.05, 3.63) is 0 Å². The Labute approximate surface area is 88.0 Å². The molecule has 2 saturated heterocycles. The molecule has 0 aromatic rings. The topological polar surface area (TPSA) is 76.0 Å². The van der Waals surface area contributed by atoms with Gasteiger partial charge in [-0.05, 0) is 12.8 Å². The Bertz CT molecular complexity index is 251. The summed E-state index contributed by atoms with van der Waals surface area (Å²) in [6, 6.07) is 0. The van der Waals surface area contributed by atoms with E-state index in [1.165, 1.54) is 0 Å². The lowest BCUT2D eigenvalue weighted by molar-refractivity contribution is -0.183. The van der Waals surface area contributed by atoms with Crippen molar-refractivity contribution in [2.24, 2.45) is 5.41 Å². The molecule has 2 aliphatic heterocycles. The van der Waals surface area contributed by atoms with Crippen LogP contribution in [0.25, 0.3) is 0 Å². The molecule has 2 aliphatic rings. The maximum absolute atomic E-state index is 11.4. The Kier molecular flexibility index (Phi) is 2.70. The highest BCUT2D eigenvalue weighted by Gasteiger charge is 2.58. The summed E-state index contributed by atoms with van der Waals surface area (Å²) in [5.74, 6) is -0.932. The van der Waals surface area contributed by atoms with Gasteiger partial charge >= 0.3 is 5.97 Å². The predicted octanol–water partition coefficient (Wildman–Crippen LogP) is 0.0192. The summed E-state index contributed by atoms with van der Waals surface area (Å²) in [6.45, 7) is 1.36. The van der Waals surface area contributed by atoms with Crippen molar-refractivity contribution in [3.8, 4) is 0 Å². The molecule has 5 heteroatoms. The molecule has 1 atom stereocenters. The van der Waals surface area contributed by atoms with Gasteiger partial charge in [-0.1, -0.05) is 0 Å². The number of carboxylic acid groups (broad SMARTS) is 1. The molecule has 0 aromatic heterocycles. The van der Waals surface area contributed by atoms with Gasteiger partial charge in [0.2, 0.25) is 0 Å². The van der Waals surface area contributed by atoms with Crippen LogP contribution in [0, 0.1) is 5.41 Å². The van der Waals surface area contributed by atoms with Crippen LogP contribution in [-0.2, 0) is 14.3 Å². The van der Waals surface area contributed by atoms with Crippen molar-refractivity contribution in [3.63, 3.8) is 0 Å². The molecular weight excluding hydrogens is 200 g/mol. The fourth-order valence-electron chi connectivity index (χ4n) is 2.53. The largest absolute Gasteiger partial charge is 0.481 e. The van der Waals surface area contributed by atoms with E-state index in [9.17, 15) is 15.0 Å². The number of rotatable bonds is 2. The minimum Gasteiger partial charge on any atom is -0.481 e. The van der Waals surface area contributed by atoms with Crippen LogP contribution in [0.1, 0.15) is 19.3 Å². The van der Waals surface area contributed by atoms with E-state index < -0.39 is 17.0 Å². The highest BCUT2D eigenvalue weighted by atomic mass is 16.5. The van der Waals surface area contributed by atoms with Crippen LogP contribution in [0.15, 0.2) is 0 Å². The van der Waals surface area contributed by atoms with E-state index in [0.717, 1.165) is 0 Å². The molecule has 2 N–H and O–H groups in total. The fraction of sp³-hybridized carbons (Fsp3) is 0.900. The van der Waals surface area contributed by atoms with Gasteiger partial charge in [0.15, 0.2) is 0 Å². The molecule has 86 valence electrons. The molecule has 0 saturated carbocycles. The zero-order valence-corrected chi connectivity index (χ0v) is 8.57. The first-order valence-corrected chi connectivity index (χ1v) is 5.22. The molecule has 0 amide bonds. The normalized spacial score (nSPS) is 35.3. The highest BCUT2D eigenvalue weighted by Crippen LogP contribution is 2.45. The Morgan fingerprint density at radius 2 is 1.67 bits per heavy atom. The summed E-state index contributed by atoms with van der Waals surface area (Å²) in [6.07, 6.45) is 1.13. The summed E-state index contributed by atoms with van der Waals surface area (Å²) in [7, 11) is 0. The monoisotopic (exact) mass is 216 g/mol. The molecule has 0 spiro atoms. The highest BCUT2D eigenvalue weighted by molar-refractivity contribution is 5.76. The quantitative estimate of drug-likeness (QED) is 0.680.